The van der Waals surface area contributed by atoms with Crippen molar-refractivity contribution in [3.63, 3.8) is 0 Å². The molecule has 20 heavy (non-hydrogen) atoms. The highest BCUT2D eigenvalue weighted by molar-refractivity contribution is 6.30. The van der Waals surface area contributed by atoms with Gasteiger partial charge in [-0.1, -0.05) is 11.6 Å². The van der Waals surface area contributed by atoms with Crippen LogP contribution in [0.2, 0.25) is 5.02 Å². The summed E-state index contributed by atoms with van der Waals surface area (Å²) in [4.78, 5) is 23.5. The Bertz CT molecular complexity index is 470. The van der Waals surface area contributed by atoms with Crippen molar-refractivity contribution in [2.75, 3.05) is 19.6 Å². The molecule has 1 aromatic carbocycles. The van der Waals surface area contributed by atoms with Gasteiger partial charge in [-0.15, -0.1) is 0 Å². The molecule has 6 heteroatoms. The molecule has 2 rings (SSSR count). The molecule has 5 nitrogen and oxygen atoms in total. The third-order valence-electron chi connectivity index (χ3n) is 3.19. The molecule has 1 fully saturated rings. The summed E-state index contributed by atoms with van der Waals surface area (Å²) in [6.45, 7) is 1.72. The number of rotatable bonds is 5. The second-order valence-corrected chi connectivity index (χ2v) is 5.14. The molecule has 1 unspecified atom stereocenters. The van der Waals surface area contributed by atoms with Crippen LogP contribution in [0.1, 0.15) is 23.2 Å². The average Bonchev–Trinajstić information content (AvgIpc) is 2.98. The molecule has 0 spiro atoms. The van der Waals surface area contributed by atoms with E-state index in [-0.39, 0.29) is 17.9 Å². The number of carbonyl (C=O) groups excluding carboxylic acids is 2. The highest BCUT2D eigenvalue weighted by Crippen LogP contribution is 2.09. The number of halogens is 1. The molecule has 0 bridgehead atoms. The van der Waals surface area contributed by atoms with Gasteiger partial charge in [0.05, 0.1) is 6.04 Å². The molecule has 0 aromatic heterocycles. The van der Waals surface area contributed by atoms with Gasteiger partial charge < -0.3 is 16.0 Å². The van der Waals surface area contributed by atoms with Crippen LogP contribution in [0.5, 0.6) is 0 Å². The summed E-state index contributed by atoms with van der Waals surface area (Å²) in [5.74, 6) is -0.168. The van der Waals surface area contributed by atoms with Crippen LogP contribution in [0.4, 0.5) is 0 Å². The molecular formula is C14H18ClN3O2. The molecular weight excluding hydrogens is 278 g/mol. The minimum atomic E-state index is -0.171. The first kappa shape index (κ1) is 14.8. The van der Waals surface area contributed by atoms with E-state index >= 15 is 0 Å². The van der Waals surface area contributed by atoms with Crippen molar-refractivity contribution in [2.45, 2.75) is 18.9 Å². The lowest BCUT2D eigenvalue weighted by Gasteiger charge is -2.11. The van der Waals surface area contributed by atoms with Gasteiger partial charge in [0.1, 0.15) is 0 Å². The Kier molecular flexibility index (Phi) is 5.38. The molecule has 1 aromatic rings. The standard InChI is InChI=1S/C14H18ClN3O2/c15-11-5-3-10(4-6-11)13(19)17-8-9-18-14(20)12-2-1-7-16-12/h3-6,12,16H,1-2,7-9H2,(H,17,19)(H,18,20). The van der Waals surface area contributed by atoms with Crippen LogP contribution < -0.4 is 16.0 Å². The van der Waals surface area contributed by atoms with Crippen LogP contribution in [0, 0.1) is 0 Å². The summed E-state index contributed by atoms with van der Waals surface area (Å²) >= 11 is 5.76. The zero-order valence-electron chi connectivity index (χ0n) is 11.1. The average molecular weight is 296 g/mol. The van der Waals surface area contributed by atoms with Gasteiger partial charge in [0, 0.05) is 23.7 Å². The third-order valence-corrected chi connectivity index (χ3v) is 3.44. The summed E-state index contributed by atoms with van der Waals surface area (Å²) in [7, 11) is 0. The molecule has 1 heterocycles. The summed E-state index contributed by atoms with van der Waals surface area (Å²) < 4.78 is 0. The fraction of sp³-hybridized carbons (Fsp3) is 0.429. The molecule has 0 aliphatic carbocycles. The number of benzene rings is 1. The van der Waals surface area contributed by atoms with Crippen LogP contribution in [0.15, 0.2) is 24.3 Å². The Balaban J connectivity index is 1.66. The second kappa shape index (κ2) is 7.26. The van der Waals surface area contributed by atoms with Crippen LogP contribution in [-0.2, 0) is 4.79 Å². The molecule has 0 radical (unpaired) electrons. The van der Waals surface area contributed by atoms with E-state index in [4.69, 9.17) is 11.6 Å². The highest BCUT2D eigenvalue weighted by atomic mass is 35.5. The van der Waals surface area contributed by atoms with Crippen LogP contribution in [0.3, 0.4) is 0 Å². The lowest BCUT2D eigenvalue weighted by molar-refractivity contribution is -0.122. The smallest absolute Gasteiger partial charge is 0.251 e. The Morgan fingerprint density at radius 3 is 2.55 bits per heavy atom. The fourth-order valence-corrected chi connectivity index (χ4v) is 2.22. The van der Waals surface area contributed by atoms with E-state index in [0.29, 0.717) is 23.7 Å². The molecule has 1 atom stereocenters. The van der Waals surface area contributed by atoms with E-state index in [1.807, 2.05) is 0 Å². The monoisotopic (exact) mass is 295 g/mol. The topological polar surface area (TPSA) is 70.2 Å². The minimum absolute atomic E-state index is 0.00300. The fourth-order valence-electron chi connectivity index (χ4n) is 2.10. The number of amides is 2. The molecule has 1 saturated heterocycles. The van der Waals surface area contributed by atoms with Gasteiger partial charge in [-0.3, -0.25) is 9.59 Å². The highest BCUT2D eigenvalue weighted by Gasteiger charge is 2.21. The van der Waals surface area contributed by atoms with Gasteiger partial charge in [-0.2, -0.15) is 0 Å². The number of hydrogen-bond donors (Lipinski definition) is 3. The largest absolute Gasteiger partial charge is 0.353 e. The Morgan fingerprint density at radius 1 is 1.20 bits per heavy atom. The summed E-state index contributed by atoms with van der Waals surface area (Å²) in [6, 6.07) is 6.59. The Morgan fingerprint density at radius 2 is 1.90 bits per heavy atom. The van der Waals surface area contributed by atoms with Gasteiger partial charge in [0.2, 0.25) is 5.91 Å². The lowest BCUT2D eigenvalue weighted by atomic mass is 10.2. The quantitative estimate of drug-likeness (QED) is 0.708. The van der Waals surface area contributed by atoms with Crippen molar-refractivity contribution in [3.8, 4) is 0 Å². The predicted octanol–water partition coefficient (Wildman–Crippen LogP) is 0.938. The zero-order chi connectivity index (χ0) is 14.4. The summed E-state index contributed by atoms with van der Waals surface area (Å²) in [5.41, 5.74) is 0.554. The van der Waals surface area contributed by atoms with Crippen molar-refractivity contribution < 1.29 is 9.59 Å². The summed E-state index contributed by atoms with van der Waals surface area (Å²) in [5, 5.41) is 9.27. The zero-order valence-corrected chi connectivity index (χ0v) is 11.9. The van der Waals surface area contributed by atoms with Gasteiger partial charge in [0.15, 0.2) is 0 Å². The Labute approximate surface area is 123 Å². The van der Waals surface area contributed by atoms with Crippen molar-refractivity contribution in [3.05, 3.63) is 34.9 Å². The number of hydrogen-bond acceptors (Lipinski definition) is 3. The van der Waals surface area contributed by atoms with Gasteiger partial charge in [0.25, 0.3) is 5.91 Å². The predicted molar refractivity (Wildman–Crippen MR) is 77.8 cm³/mol. The summed E-state index contributed by atoms with van der Waals surface area (Å²) in [6.07, 6.45) is 1.91. The normalized spacial score (nSPS) is 17.8. The first-order valence-corrected chi connectivity index (χ1v) is 7.09. The number of carbonyl (C=O) groups is 2. The first-order valence-electron chi connectivity index (χ1n) is 6.71. The molecule has 2 amide bonds. The van der Waals surface area contributed by atoms with Gasteiger partial charge in [-0.25, -0.2) is 0 Å². The molecule has 0 saturated carbocycles. The van der Waals surface area contributed by atoms with Crippen LogP contribution in [-0.4, -0.2) is 37.5 Å². The van der Waals surface area contributed by atoms with Crippen LogP contribution >= 0.6 is 11.6 Å². The molecule has 3 N–H and O–H groups in total. The maximum Gasteiger partial charge on any atom is 0.251 e. The van der Waals surface area contributed by atoms with E-state index in [1.54, 1.807) is 24.3 Å². The Hall–Kier alpha value is -1.59. The first-order chi connectivity index (χ1) is 9.66. The maximum absolute atomic E-state index is 11.8. The minimum Gasteiger partial charge on any atom is -0.353 e. The van der Waals surface area contributed by atoms with Gasteiger partial charge >= 0.3 is 0 Å². The van der Waals surface area contributed by atoms with E-state index in [9.17, 15) is 9.59 Å². The van der Waals surface area contributed by atoms with E-state index in [0.717, 1.165) is 19.4 Å². The third kappa shape index (κ3) is 4.21. The van der Waals surface area contributed by atoms with Crippen molar-refractivity contribution in [1.29, 1.82) is 0 Å². The molecule has 108 valence electrons. The SMILES string of the molecule is O=C(NCCNC(=O)C1CCCN1)c1ccc(Cl)cc1. The van der Waals surface area contributed by atoms with Crippen molar-refractivity contribution >= 4 is 23.4 Å². The number of nitrogens with one attached hydrogen (secondary N) is 3. The molecule has 1 aliphatic rings. The van der Waals surface area contributed by atoms with E-state index in [1.165, 1.54) is 0 Å². The van der Waals surface area contributed by atoms with Gasteiger partial charge in [-0.05, 0) is 43.7 Å². The molecule has 1 aliphatic heterocycles. The maximum atomic E-state index is 11.8. The van der Waals surface area contributed by atoms with E-state index < -0.39 is 0 Å². The van der Waals surface area contributed by atoms with Crippen molar-refractivity contribution in [1.82, 2.24) is 16.0 Å². The lowest BCUT2D eigenvalue weighted by Crippen LogP contribution is -2.43. The van der Waals surface area contributed by atoms with Crippen molar-refractivity contribution in [2.24, 2.45) is 0 Å². The van der Waals surface area contributed by atoms with E-state index in [2.05, 4.69) is 16.0 Å². The second-order valence-electron chi connectivity index (χ2n) is 4.70. The van der Waals surface area contributed by atoms with Crippen LogP contribution in [0.25, 0.3) is 0 Å².